The van der Waals surface area contributed by atoms with Crippen molar-refractivity contribution in [1.82, 2.24) is 14.9 Å². The molecule has 1 heterocycles. The number of rotatable bonds is 10. The maximum atomic E-state index is 12.2. The predicted octanol–water partition coefficient (Wildman–Crippen LogP) is 1.42. The van der Waals surface area contributed by atoms with Gasteiger partial charge >= 0.3 is 0 Å². The topological polar surface area (TPSA) is 105 Å². The first-order valence-electron chi connectivity index (χ1n) is 8.17. The Morgan fingerprint density at radius 3 is 2.70 bits per heavy atom. The summed E-state index contributed by atoms with van der Waals surface area (Å²) in [5.41, 5.74) is 1.16. The molecule has 2 aromatic rings. The number of thioether (sulfide) groups is 1. The molecule has 0 fully saturated rings. The molecule has 27 heavy (non-hydrogen) atoms. The number of imidazole rings is 1. The van der Waals surface area contributed by atoms with Crippen LogP contribution in [0.25, 0.3) is 0 Å². The van der Waals surface area contributed by atoms with Crippen molar-refractivity contribution in [3.63, 3.8) is 0 Å². The predicted molar refractivity (Wildman–Crippen MR) is 104 cm³/mol. The van der Waals surface area contributed by atoms with Crippen molar-refractivity contribution in [2.24, 2.45) is 0 Å². The van der Waals surface area contributed by atoms with Crippen molar-refractivity contribution in [1.29, 1.82) is 0 Å². The highest BCUT2D eigenvalue weighted by atomic mass is 32.2. The van der Waals surface area contributed by atoms with Gasteiger partial charge < -0.3 is 25.0 Å². The molecule has 0 unspecified atom stereocenters. The lowest BCUT2D eigenvalue weighted by Crippen LogP contribution is -2.28. The van der Waals surface area contributed by atoms with E-state index in [1.54, 1.807) is 42.0 Å². The molecule has 144 valence electrons. The van der Waals surface area contributed by atoms with Crippen molar-refractivity contribution in [2.75, 3.05) is 24.7 Å². The molecule has 0 bridgehead atoms. The van der Waals surface area contributed by atoms with E-state index in [2.05, 4.69) is 22.2 Å². The molecule has 2 rings (SSSR count). The zero-order valence-electron chi connectivity index (χ0n) is 15.0. The van der Waals surface area contributed by atoms with Gasteiger partial charge in [0.05, 0.1) is 31.4 Å². The molecule has 9 heteroatoms. The van der Waals surface area contributed by atoms with Crippen LogP contribution in [0, 0.1) is 0 Å². The minimum atomic E-state index is -0.250. The van der Waals surface area contributed by atoms with E-state index in [1.165, 1.54) is 18.0 Å². The van der Waals surface area contributed by atoms with E-state index in [0.717, 1.165) is 0 Å². The second-order valence-electron chi connectivity index (χ2n) is 5.43. The summed E-state index contributed by atoms with van der Waals surface area (Å²) in [6.45, 7) is 3.66. The monoisotopic (exact) mass is 390 g/mol. The van der Waals surface area contributed by atoms with Crippen LogP contribution >= 0.6 is 11.8 Å². The third-order valence-electron chi connectivity index (χ3n) is 3.52. The lowest BCUT2D eigenvalue weighted by atomic mass is 10.3. The highest BCUT2D eigenvalue weighted by molar-refractivity contribution is 7.99. The molecule has 0 aliphatic rings. The number of aliphatic hydroxyl groups is 1. The Morgan fingerprint density at radius 1 is 1.33 bits per heavy atom. The normalized spacial score (nSPS) is 10.3. The Hall–Kier alpha value is -2.78. The van der Waals surface area contributed by atoms with Gasteiger partial charge in [0.1, 0.15) is 12.3 Å². The first-order chi connectivity index (χ1) is 13.1. The van der Waals surface area contributed by atoms with Crippen molar-refractivity contribution < 1.29 is 19.4 Å². The van der Waals surface area contributed by atoms with Gasteiger partial charge in [-0.1, -0.05) is 17.8 Å². The maximum Gasteiger partial charge on any atom is 0.240 e. The van der Waals surface area contributed by atoms with Crippen LogP contribution in [-0.4, -0.2) is 45.9 Å². The van der Waals surface area contributed by atoms with E-state index in [4.69, 9.17) is 4.74 Å². The van der Waals surface area contributed by atoms with Gasteiger partial charge in [-0.3, -0.25) is 9.59 Å². The second kappa shape index (κ2) is 10.4. The third kappa shape index (κ3) is 6.15. The van der Waals surface area contributed by atoms with Crippen LogP contribution in [0.4, 0.5) is 5.69 Å². The van der Waals surface area contributed by atoms with Gasteiger partial charge in [0.2, 0.25) is 11.8 Å². The summed E-state index contributed by atoms with van der Waals surface area (Å²) in [6.07, 6.45) is 3.07. The first kappa shape index (κ1) is 20.5. The van der Waals surface area contributed by atoms with Gasteiger partial charge in [0.15, 0.2) is 5.16 Å². The molecule has 1 aromatic heterocycles. The van der Waals surface area contributed by atoms with Crippen LogP contribution in [0.15, 0.2) is 48.3 Å². The van der Waals surface area contributed by atoms with Crippen LogP contribution in [0.1, 0.15) is 5.69 Å². The maximum absolute atomic E-state index is 12.2. The molecule has 3 N–H and O–H groups in total. The van der Waals surface area contributed by atoms with Gasteiger partial charge in [-0.05, 0) is 24.3 Å². The summed E-state index contributed by atoms with van der Waals surface area (Å²) in [4.78, 5) is 28.3. The Labute approximate surface area is 161 Å². The summed E-state index contributed by atoms with van der Waals surface area (Å²) in [6, 6.07) is 7.00. The van der Waals surface area contributed by atoms with E-state index < -0.39 is 0 Å². The molecule has 2 amide bonds. The number of hydrogen-bond acceptors (Lipinski definition) is 6. The van der Waals surface area contributed by atoms with Crippen molar-refractivity contribution in [3.05, 3.63) is 48.8 Å². The number of nitrogens with one attached hydrogen (secondary N) is 2. The second-order valence-corrected chi connectivity index (χ2v) is 6.38. The molecule has 0 spiro atoms. The number of methoxy groups -OCH3 is 1. The molecule has 0 saturated carbocycles. The number of aromatic nitrogens is 2. The fourth-order valence-corrected chi connectivity index (χ4v) is 2.99. The molecule has 0 aliphatic heterocycles. The van der Waals surface area contributed by atoms with Crippen molar-refractivity contribution in [2.45, 2.75) is 18.3 Å². The SMILES string of the molecule is C=CCNC(=O)Cn1c(CO)cnc1SCC(=O)Nc1ccc(OC)cc1. The fourth-order valence-electron chi connectivity index (χ4n) is 2.19. The Kier molecular flexibility index (Phi) is 7.90. The van der Waals surface area contributed by atoms with E-state index in [9.17, 15) is 14.7 Å². The lowest BCUT2D eigenvalue weighted by molar-refractivity contribution is -0.121. The van der Waals surface area contributed by atoms with Crippen LogP contribution in [0.3, 0.4) is 0 Å². The first-order valence-corrected chi connectivity index (χ1v) is 9.15. The summed E-state index contributed by atoms with van der Waals surface area (Å²) >= 11 is 1.19. The minimum absolute atomic E-state index is 0.00612. The van der Waals surface area contributed by atoms with Crippen molar-refractivity contribution >= 4 is 29.3 Å². The third-order valence-corrected chi connectivity index (χ3v) is 4.51. The minimum Gasteiger partial charge on any atom is -0.497 e. The summed E-state index contributed by atoms with van der Waals surface area (Å²) < 4.78 is 6.66. The van der Waals surface area contributed by atoms with Gasteiger partial charge in [-0.15, -0.1) is 6.58 Å². The lowest BCUT2D eigenvalue weighted by Gasteiger charge is -2.10. The molecule has 1 aromatic carbocycles. The largest absolute Gasteiger partial charge is 0.497 e. The molecule has 0 saturated heterocycles. The number of amides is 2. The summed E-state index contributed by atoms with van der Waals surface area (Å²) in [5, 5.41) is 15.4. The van der Waals surface area contributed by atoms with E-state index in [1.807, 2.05) is 0 Å². The fraction of sp³-hybridized carbons (Fsp3) is 0.278. The number of carbonyl (C=O) groups is 2. The number of hydrogen-bond donors (Lipinski definition) is 3. The zero-order valence-corrected chi connectivity index (χ0v) is 15.8. The summed E-state index contributed by atoms with van der Waals surface area (Å²) in [7, 11) is 1.57. The molecule has 8 nitrogen and oxygen atoms in total. The average Bonchev–Trinajstić information content (AvgIpc) is 3.06. The number of carbonyl (C=O) groups excluding carboxylic acids is 2. The van der Waals surface area contributed by atoms with Gasteiger partial charge in [0, 0.05) is 12.2 Å². The highest BCUT2D eigenvalue weighted by Gasteiger charge is 2.14. The van der Waals surface area contributed by atoms with E-state index >= 15 is 0 Å². The molecule has 0 aliphatic carbocycles. The van der Waals surface area contributed by atoms with Gasteiger partial charge in [-0.2, -0.15) is 0 Å². The number of aliphatic hydroxyl groups excluding tert-OH is 1. The van der Waals surface area contributed by atoms with Gasteiger partial charge in [-0.25, -0.2) is 4.98 Å². The summed E-state index contributed by atoms with van der Waals surface area (Å²) in [5.74, 6) is 0.381. The molecule has 0 radical (unpaired) electrons. The number of nitrogens with zero attached hydrogens (tertiary/aromatic N) is 2. The highest BCUT2D eigenvalue weighted by Crippen LogP contribution is 2.20. The van der Waals surface area contributed by atoms with E-state index in [-0.39, 0.29) is 30.7 Å². The molecule has 0 atom stereocenters. The number of ether oxygens (including phenoxy) is 1. The average molecular weight is 390 g/mol. The Balaban J connectivity index is 1.95. The molecular formula is C18H22N4O4S. The standard InChI is InChI=1S/C18H22N4O4S/c1-3-8-19-16(24)10-22-14(11-23)9-20-18(22)27-12-17(25)21-13-4-6-15(26-2)7-5-13/h3-7,9,23H,1,8,10-12H2,2H3,(H,19,24)(H,21,25). The Morgan fingerprint density at radius 2 is 2.07 bits per heavy atom. The zero-order chi connectivity index (χ0) is 19.6. The van der Waals surface area contributed by atoms with Crippen LogP contribution in [0.2, 0.25) is 0 Å². The van der Waals surface area contributed by atoms with Crippen LogP contribution in [0.5, 0.6) is 5.75 Å². The quantitative estimate of drug-likeness (QED) is 0.419. The van der Waals surface area contributed by atoms with Crippen molar-refractivity contribution in [3.8, 4) is 5.75 Å². The number of benzene rings is 1. The van der Waals surface area contributed by atoms with Crippen LogP contribution < -0.4 is 15.4 Å². The van der Waals surface area contributed by atoms with Gasteiger partial charge in [0.25, 0.3) is 0 Å². The van der Waals surface area contributed by atoms with Crippen LogP contribution in [-0.2, 0) is 22.7 Å². The molecular weight excluding hydrogens is 368 g/mol. The van der Waals surface area contributed by atoms with E-state index in [0.29, 0.717) is 28.8 Å². The Bertz CT molecular complexity index is 789. The smallest absolute Gasteiger partial charge is 0.240 e. The number of anilines is 1.